The first-order valence-corrected chi connectivity index (χ1v) is 7.93. The first-order chi connectivity index (χ1) is 10.9. The molecule has 0 heterocycles. The summed E-state index contributed by atoms with van der Waals surface area (Å²) in [5, 5.41) is 0.536. The predicted octanol–water partition coefficient (Wildman–Crippen LogP) is 4.54. The summed E-state index contributed by atoms with van der Waals surface area (Å²) in [6.07, 6.45) is -0.899. The number of ketones is 1. The summed E-state index contributed by atoms with van der Waals surface area (Å²) >= 11 is 9.09. The molecule has 4 nitrogen and oxygen atoms in total. The van der Waals surface area contributed by atoms with Crippen molar-refractivity contribution in [2.75, 3.05) is 7.11 Å². The fraction of sp³-hybridized carbons (Fsp3) is 0.176. The summed E-state index contributed by atoms with van der Waals surface area (Å²) in [6.45, 7) is 1.54. The molecule has 1 atom stereocenters. The number of hydrogen-bond donors (Lipinski definition) is 0. The third kappa shape index (κ3) is 4.33. The minimum Gasteiger partial charge on any atom is -0.496 e. The van der Waals surface area contributed by atoms with E-state index in [9.17, 15) is 9.59 Å². The van der Waals surface area contributed by atoms with Crippen molar-refractivity contribution in [3.63, 3.8) is 0 Å². The topological polar surface area (TPSA) is 52.6 Å². The van der Waals surface area contributed by atoms with Crippen molar-refractivity contribution in [1.82, 2.24) is 0 Å². The van der Waals surface area contributed by atoms with Gasteiger partial charge in [0.1, 0.15) is 5.75 Å². The molecule has 6 heteroatoms. The molecule has 0 aliphatic rings. The maximum Gasteiger partial charge on any atom is 0.338 e. The smallest absolute Gasteiger partial charge is 0.338 e. The van der Waals surface area contributed by atoms with Crippen LogP contribution in [0, 0.1) is 0 Å². The normalized spacial score (nSPS) is 11.7. The van der Waals surface area contributed by atoms with Crippen LogP contribution in [-0.2, 0) is 4.74 Å². The SMILES string of the molecule is COc1ccc(C(=O)O[C@@H](C)C(=O)c2ccc(Cl)cc2)cc1Br. The van der Waals surface area contributed by atoms with Crippen LogP contribution >= 0.6 is 27.5 Å². The van der Waals surface area contributed by atoms with Gasteiger partial charge in [-0.05, 0) is 65.3 Å². The van der Waals surface area contributed by atoms with Gasteiger partial charge in [0.25, 0.3) is 0 Å². The number of rotatable bonds is 5. The van der Waals surface area contributed by atoms with Crippen molar-refractivity contribution in [1.29, 1.82) is 0 Å². The molecule has 0 radical (unpaired) electrons. The molecular weight excluding hydrogens is 384 g/mol. The Morgan fingerprint density at radius 3 is 2.26 bits per heavy atom. The molecule has 120 valence electrons. The quantitative estimate of drug-likeness (QED) is 0.549. The molecule has 0 unspecified atom stereocenters. The van der Waals surface area contributed by atoms with Gasteiger partial charge in [-0.25, -0.2) is 4.79 Å². The molecule has 0 amide bonds. The Morgan fingerprint density at radius 1 is 1.09 bits per heavy atom. The molecule has 0 aromatic heterocycles. The van der Waals surface area contributed by atoms with E-state index in [1.807, 2.05) is 0 Å². The van der Waals surface area contributed by atoms with Gasteiger partial charge in [-0.3, -0.25) is 4.79 Å². The van der Waals surface area contributed by atoms with E-state index in [1.54, 1.807) is 42.5 Å². The van der Waals surface area contributed by atoms with E-state index >= 15 is 0 Å². The molecule has 0 fully saturated rings. The highest BCUT2D eigenvalue weighted by molar-refractivity contribution is 9.10. The Bertz CT molecular complexity index is 728. The summed E-state index contributed by atoms with van der Waals surface area (Å²) in [7, 11) is 1.53. The zero-order valence-electron chi connectivity index (χ0n) is 12.5. The zero-order chi connectivity index (χ0) is 17.0. The molecule has 0 aliphatic heterocycles. The van der Waals surface area contributed by atoms with Crippen LogP contribution in [0.5, 0.6) is 5.75 Å². The van der Waals surface area contributed by atoms with Crippen LogP contribution in [0.3, 0.4) is 0 Å². The number of esters is 1. The monoisotopic (exact) mass is 396 g/mol. The van der Waals surface area contributed by atoms with Gasteiger partial charge in [0.15, 0.2) is 6.10 Å². The Kier molecular flexibility index (Phi) is 5.80. The van der Waals surface area contributed by atoms with Crippen LogP contribution in [0.4, 0.5) is 0 Å². The zero-order valence-corrected chi connectivity index (χ0v) is 14.8. The van der Waals surface area contributed by atoms with Crippen molar-refractivity contribution < 1.29 is 19.1 Å². The van der Waals surface area contributed by atoms with Crippen LogP contribution in [-0.4, -0.2) is 25.0 Å². The van der Waals surface area contributed by atoms with Crippen molar-refractivity contribution in [3.8, 4) is 5.75 Å². The maximum absolute atomic E-state index is 12.2. The Balaban J connectivity index is 2.08. The lowest BCUT2D eigenvalue weighted by molar-refractivity contribution is 0.0318. The average Bonchev–Trinajstić information content (AvgIpc) is 2.54. The molecule has 0 N–H and O–H groups in total. The lowest BCUT2D eigenvalue weighted by Crippen LogP contribution is -2.24. The fourth-order valence-corrected chi connectivity index (χ4v) is 2.59. The number of halogens is 2. The Morgan fingerprint density at radius 2 is 1.70 bits per heavy atom. The molecule has 0 bridgehead atoms. The number of ether oxygens (including phenoxy) is 2. The van der Waals surface area contributed by atoms with E-state index in [0.29, 0.717) is 26.4 Å². The van der Waals surface area contributed by atoms with Crippen molar-refractivity contribution in [2.45, 2.75) is 13.0 Å². The van der Waals surface area contributed by atoms with Crippen LogP contribution in [0.1, 0.15) is 27.6 Å². The summed E-state index contributed by atoms with van der Waals surface area (Å²) < 4.78 is 11.0. The van der Waals surface area contributed by atoms with Crippen molar-refractivity contribution in [2.24, 2.45) is 0 Å². The molecular formula is C17H14BrClO4. The molecule has 2 aromatic rings. The van der Waals surface area contributed by atoms with Gasteiger partial charge in [0.2, 0.25) is 5.78 Å². The van der Waals surface area contributed by atoms with E-state index in [-0.39, 0.29) is 5.78 Å². The van der Waals surface area contributed by atoms with E-state index in [2.05, 4.69) is 15.9 Å². The van der Waals surface area contributed by atoms with Crippen LogP contribution in [0.15, 0.2) is 46.9 Å². The number of carbonyl (C=O) groups is 2. The second-order valence-electron chi connectivity index (χ2n) is 4.77. The number of carbonyl (C=O) groups excluding carboxylic acids is 2. The summed E-state index contributed by atoms with van der Waals surface area (Å²) in [5.74, 6) is -0.266. The highest BCUT2D eigenvalue weighted by Crippen LogP contribution is 2.26. The molecule has 0 saturated carbocycles. The lowest BCUT2D eigenvalue weighted by Gasteiger charge is -2.13. The van der Waals surface area contributed by atoms with E-state index in [1.165, 1.54) is 14.0 Å². The fourth-order valence-electron chi connectivity index (χ4n) is 1.92. The first-order valence-electron chi connectivity index (χ1n) is 6.76. The Hall–Kier alpha value is -1.85. The Labute approximate surface area is 147 Å². The molecule has 2 aromatic carbocycles. The standard InChI is InChI=1S/C17H14BrClO4/c1-10(16(20)11-3-6-13(19)7-4-11)23-17(21)12-5-8-15(22-2)14(18)9-12/h3-10H,1-2H3/t10-/m0/s1. The maximum atomic E-state index is 12.2. The third-order valence-electron chi connectivity index (χ3n) is 3.17. The number of hydrogen-bond acceptors (Lipinski definition) is 4. The van der Waals surface area contributed by atoms with Crippen molar-refractivity contribution in [3.05, 3.63) is 63.1 Å². The molecule has 2 rings (SSSR count). The van der Waals surface area contributed by atoms with Gasteiger partial charge in [-0.1, -0.05) is 11.6 Å². The number of methoxy groups -OCH3 is 1. The van der Waals surface area contributed by atoms with Gasteiger partial charge >= 0.3 is 5.97 Å². The van der Waals surface area contributed by atoms with Gasteiger partial charge < -0.3 is 9.47 Å². The minimum atomic E-state index is -0.899. The van der Waals surface area contributed by atoms with Crippen LogP contribution in [0.2, 0.25) is 5.02 Å². The highest BCUT2D eigenvalue weighted by atomic mass is 79.9. The molecule has 23 heavy (non-hydrogen) atoms. The van der Waals surface area contributed by atoms with E-state index in [0.717, 1.165) is 0 Å². The largest absolute Gasteiger partial charge is 0.496 e. The average molecular weight is 398 g/mol. The van der Waals surface area contributed by atoms with Crippen LogP contribution < -0.4 is 4.74 Å². The summed E-state index contributed by atoms with van der Waals surface area (Å²) in [6, 6.07) is 11.2. The van der Waals surface area contributed by atoms with Gasteiger partial charge in [0.05, 0.1) is 17.1 Å². The highest BCUT2D eigenvalue weighted by Gasteiger charge is 2.21. The predicted molar refractivity (Wildman–Crippen MR) is 91.4 cm³/mol. The van der Waals surface area contributed by atoms with E-state index < -0.39 is 12.1 Å². The lowest BCUT2D eigenvalue weighted by atomic mass is 10.1. The number of benzene rings is 2. The number of Topliss-reactive ketones (excluding diaryl/α,β-unsaturated/α-hetero) is 1. The van der Waals surface area contributed by atoms with Gasteiger partial charge in [-0.2, -0.15) is 0 Å². The summed E-state index contributed by atoms with van der Waals surface area (Å²) in [5.41, 5.74) is 0.763. The molecule has 0 saturated heterocycles. The third-order valence-corrected chi connectivity index (χ3v) is 4.04. The second kappa shape index (κ2) is 7.62. The second-order valence-corrected chi connectivity index (χ2v) is 6.06. The molecule has 0 aliphatic carbocycles. The first kappa shape index (κ1) is 17.5. The molecule has 0 spiro atoms. The van der Waals surface area contributed by atoms with Crippen LogP contribution in [0.25, 0.3) is 0 Å². The van der Waals surface area contributed by atoms with Crippen molar-refractivity contribution >= 4 is 39.3 Å². The van der Waals surface area contributed by atoms with Gasteiger partial charge in [0, 0.05) is 10.6 Å². The summed E-state index contributed by atoms with van der Waals surface area (Å²) in [4.78, 5) is 24.4. The van der Waals surface area contributed by atoms with E-state index in [4.69, 9.17) is 21.1 Å². The van der Waals surface area contributed by atoms with Gasteiger partial charge in [-0.15, -0.1) is 0 Å². The minimum absolute atomic E-state index is 0.289.